The van der Waals surface area contributed by atoms with E-state index in [9.17, 15) is 9.59 Å². The van der Waals surface area contributed by atoms with Crippen LogP contribution in [0.2, 0.25) is 0 Å². The lowest BCUT2D eigenvalue weighted by Crippen LogP contribution is -2.38. The van der Waals surface area contributed by atoms with Gasteiger partial charge < -0.3 is 4.90 Å². The van der Waals surface area contributed by atoms with Gasteiger partial charge in [0.15, 0.2) is 0 Å². The smallest absolute Gasteiger partial charge is 0.255 e. The predicted molar refractivity (Wildman–Crippen MR) is 64.3 cm³/mol. The van der Waals surface area contributed by atoms with Crippen molar-refractivity contribution in [3.63, 3.8) is 0 Å². The van der Waals surface area contributed by atoms with E-state index in [4.69, 9.17) is 0 Å². The van der Waals surface area contributed by atoms with Crippen LogP contribution < -0.4 is 0 Å². The second kappa shape index (κ2) is 4.78. The maximum atomic E-state index is 12.1. The Labute approximate surface area is 103 Å². The van der Waals surface area contributed by atoms with Gasteiger partial charge in [-0.1, -0.05) is 12.1 Å². The van der Waals surface area contributed by atoms with E-state index in [1.165, 1.54) is 0 Å². The quantitative estimate of drug-likeness (QED) is 0.792. The van der Waals surface area contributed by atoms with E-state index in [0.29, 0.717) is 31.5 Å². The molecule has 3 nitrogen and oxygen atoms in total. The summed E-state index contributed by atoms with van der Waals surface area (Å²) in [5, 5.41) is 0. The number of amides is 1. The second-order valence-electron chi connectivity index (χ2n) is 3.81. The third-order valence-electron chi connectivity index (χ3n) is 2.71. The summed E-state index contributed by atoms with van der Waals surface area (Å²) in [6.45, 7) is 1.08. The molecule has 1 aliphatic rings. The second-order valence-corrected chi connectivity index (χ2v) is 4.67. The average Bonchev–Trinajstić information content (AvgIpc) is 2.30. The molecule has 1 amide bonds. The van der Waals surface area contributed by atoms with E-state index in [1.807, 2.05) is 18.2 Å². The molecular weight excluding hydrogens is 270 g/mol. The van der Waals surface area contributed by atoms with Crippen molar-refractivity contribution < 1.29 is 9.59 Å². The molecule has 0 radical (unpaired) electrons. The van der Waals surface area contributed by atoms with Gasteiger partial charge in [0.2, 0.25) is 0 Å². The number of Topliss-reactive ketones (excluding diaryl/α,β-unsaturated/α-hetero) is 1. The predicted octanol–water partition coefficient (Wildman–Crippen LogP) is 2.25. The highest BCUT2D eigenvalue weighted by molar-refractivity contribution is 9.10. The monoisotopic (exact) mass is 281 g/mol. The first-order valence-electron chi connectivity index (χ1n) is 5.24. The van der Waals surface area contributed by atoms with Crippen molar-refractivity contribution in [2.75, 3.05) is 13.1 Å². The molecule has 0 spiro atoms. The van der Waals surface area contributed by atoms with Gasteiger partial charge in [0.1, 0.15) is 5.78 Å². The minimum atomic E-state index is -0.0000231. The fraction of sp³-hybridized carbons (Fsp3) is 0.333. The SMILES string of the molecule is O=C1CCN(C(=O)c2ccccc2Br)CC1. The third-order valence-corrected chi connectivity index (χ3v) is 3.40. The summed E-state index contributed by atoms with van der Waals surface area (Å²) in [6, 6.07) is 7.36. The molecule has 0 bridgehead atoms. The molecule has 0 aromatic heterocycles. The molecule has 1 aromatic carbocycles. The zero-order valence-electron chi connectivity index (χ0n) is 8.78. The van der Waals surface area contributed by atoms with Gasteiger partial charge in [-0.25, -0.2) is 0 Å². The Morgan fingerprint density at radius 3 is 2.44 bits per heavy atom. The van der Waals surface area contributed by atoms with E-state index in [1.54, 1.807) is 11.0 Å². The van der Waals surface area contributed by atoms with Crippen LogP contribution in [0.15, 0.2) is 28.7 Å². The zero-order valence-corrected chi connectivity index (χ0v) is 10.4. The molecule has 4 heteroatoms. The van der Waals surface area contributed by atoms with Crippen molar-refractivity contribution in [3.05, 3.63) is 34.3 Å². The van der Waals surface area contributed by atoms with Crippen molar-refractivity contribution in [1.82, 2.24) is 4.90 Å². The Balaban J connectivity index is 2.14. The normalized spacial score (nSPS) is 16.3. The van der Waals surface area contributed by atoms with Gasteiger partial charge in [0.25, 0.3) is 5.91 Å². The molecule has 2 rings (SSSR count). The lowest BCUT2D eigenvalue weighted by atomic mass is 10.1. The van der Waals surface area contributed by atoms with Crippen LogP contribution in [0.1, 0.15) is 23.2 Å². The minimum absolute atomic E-state index is 0.0000231. The van der Waals surface area contributed by atoms with Crippen molar-refractivity contribution >= 4 is 27.6 Å². The fourth-order valence-corrected chi connectivity index (χ4v) is 2.22. The molecule has 1 aromatic rings. The number of halogens is 1. The number of carbonyl (C=O) groups is 2. The van der Waals surface area contributed by atoms with Crippen molar-refractivity contribution in [3.8, 4) is 0 Å². The van der Waals surface area contributed by atoms with Crippen LogP contribution in [0.25, 0.3) is 0 Å². The van der Waals surface area contributed by atoms with Crippen molar-refractivity contribution in [2.24, 2.45) is 0 Å². The molecule has 1 heterocycles. The maximum absolute atomic E-state index is 12.1. The Morgan fingerprint density at radius 2 is 1.81 bits per heavy atom. The topological polar surface area (TPSA) is 37.4 Å². The molecule has 1 fully saturated rings. The van der Waals surface area contributed by atoms with Gasteiger partial charge in [-0.3, -0.25) is 9.59 Å². The first-order chi connectivity index (χ1) is 7.68. The number of rotatable bonds is 1. The molecule has 0 aliphatic carbocycles. The van der Waals surface area contributed by atoms with Crippen molar-refractivity contribution in [1.29, 1.82) is 0 Å². The first-order valence-corrected chi connectivity index (χ1v) is 6.03. The lowest BCUT2D eigenvalue weighted by molar-refractivity contribution is -0.120. The van der Waals surface area contributed by atoms with E-state index in [2.05, 4.69) is 15.9 Å². The summed E-state index contributed by atoms with van der Waals surface area (Å²) in [5.41, 5.74) is 0.664. The van der Waals surface area contributed by atoms with Crippen LogP contribution in [-0.4, -0.2) is 29.7 Å². The van der Waals surface area contributed by atoms with Gasteiger partial charge in [0.05, 0.1) is 5.56 Å². The summed E-state index contributed by atoms with van der Waals surface area (Å²) >= 11 is 3.36. The molecule has 1 saturated heterocycles. The Kier molecular flexibility index (Phi) is 3.39. The van der Waals surface area contributed by atoms with Gasteiger partial charge in [-0.15, -0.1) is 0 Å². The number of piperidine rings is 1. The van der Waals surface area contributed by atoms with E-state index in [0.717, 1.165) is 4.47 Å². The Hall–Kier alpha value is -1.16. The number of hydrogen-bond acceptors (Lipinski definition) is 2. The highest BCUT2D eigenvalue weighted by Gasteiger charge is 2.22. The fourth-order valence-electron chi connectivity index (χ4n) is 1.76. The Morgan fingerprint density at radius 1 is 1.19 bits per heavy atom. The van der Waals surface area contributed by atoms with Gasteiger partial charge in [-0.05, 0) is 28.1 Å². The lowest BCUT2D eigenvalue weighted by Gasteiger charge is -2.26. The number of carbonyl (C=O) groups excluding carboxylic acids is 2. The molecule has 0 saturated carbocycles. The number of hydrogen-bond donors (Lipinski definition) is 0. The van der Waals surface area contributed by atoms with Crippen LogP contribution >= 0.6 is 15.9 Å². The number of ketones is 1. The minimum Gasteiger partial charge on any atom is -0.338 e. The van der Waals surface area contributed by atoms with Gasteiger partial charge in [-0.2, -0.15) is 0 Å². The standard InChI is InChI=1S/C12H12BrNO2/c13-11-4-2-1-3-10(11)12(16)14-7-5-9(15)6-8-14/h1-4H,5-8H2. The van der Waals surface area contributed by atoms with Crippen LogP contribution in [0.4, 0.5) is 0 Å². The Bertz CT molecular complexity index is 421. The largest absolute Gasteiger partial charge is 0.338 e. The number of likely N-dealkylation sites (tertiary alicyclic amines) is 1. The van der Waals surface area contributed by atoms with Crippen LogP contribution in [0, 0.1) is 0 Å². The molecule has 0 N–H and O–H groups in total. The van der Waals surface area contributed by atoms with Crippen LogP contribution in [0.3, 0.4) is 0 Å². The maximum Gasteiger partial charge on any atom is 0.255 e. The highest BCUT2D eigenvalue weighted by atomic mass is 79.9. The summed E-state index contributed by atoms with van der Waals surface area (Å²) in [6.07, 6.45) is 0.965. The van der Waals surface area contributed by atoms with Gasteiger partial charge >= 0.3 is 0 Å². The molecule has 16 heavy (non-hydrogen) atoms. The molecule has 84 valence electrons. The summed E-state index contributed by atoms with van der Waals surface area (Å²) in [5.74, 6) is 0.246. The summed E-state index contributed by atoms with van der Waals surface area (Å²) in [4.78, 5) is 24.9. The summed E-state index contributed by atoms with van der Waals surface area (Å²) < 4.78 is 0.803. The molecule has 1 aliphatic heterocycles. The number of benzene rings is 1. The molecule has 0 unspecified atom stereocenters. The molecule has 0 atom stereocenters. The zero-order chi connectivity index (χ0) is 11.5. The van der Waals surface area contributed by atoms with Crippen LogP contribution in [0.5, 0.6) is 0 Å². The van der Waals surface area contributed by atoms with E-state index in [-0.39, 0.29) is 11.7 Å². The third kappa shape index (κ3) is 2.32. The van der Waals surface area contributed by atoms with Gasteiger partial charge in [0, 0.05) is 30.4 Å². The van der Waals surface area contributed by atoms with E-state index >= 15 is 0 Å². The van der Waals surface area contributed by atoms with Crippen molar-refractivity contribution in [2.45, 2.75) is 12.8 Å². The number of nitrogens with zero attached hydrogens (tertiary/aromatic N) is 1. The van der Waals surface area contributed by atoms with E-state index < -0.39 is 0 Å². The molecular formula is C12H12BrNO2. The van der Waals surface area contributed by atoms with Crippen LogP contribution in [-0.2, 0) is 4.79 Å². The average molecular weight is 282 g/mol. The highest BCUT2D eigenvalue weighted by Crippen LogP contribution is 2.19. The first kappa shape index (κ1) is 11.3. The summed E-state index contributed by atoms with van der Waals surface area (Å²) in [7, 11) is 0.